The van der Waals surface area contributed by atoms with E-state index in [1.54, 1.807) is 6.92 Å². The minimum Gasteiger partial charge on any atom is -0.504 e. The second-order valence-corrected chi connectivity index (χ2v) is 4.83. The van der Waals surface area contributed by atoms with Gasteiger partial charge in [-0.1, -0.05) is 12.6 Å². The first-order valence-electron chi connectivity index (χ1n) is 5.36. The van der Waals surface area contributed by atoms with E-state index in [4.69, 9.17) is 9.15 Å². The van der Waals surface area contributed by atoms with E-state index in [2.05, 4.69) is 33.5 Å². The molecule has 0 radical (unpaired) electrons. The minimum atomic E-state index is -4.31. The van der Waals surface area contributed by atoms with Crippen LogP contribution in [0, 0.1) is 0 Å². The number of fused-ring (bicyclic) bond motifs is 1. The van der Waals surface area contributed by atoms with Gasteiger partial charge in [0.2, 0.25) is 0 Å². The van der Waals surface area contributed by atoms with Crippen LogP contribution in [-0.4, -0.2) is 28.2 Å². The minimum absolute atomic E-state index is 0.203. The van der Waals surface area contributed by atoms with Crippen LogP contribution in [0.4, 0.5) is 13.2 Å². The van der Waals surface area contributed by atoms with Crippen LogP contribution in [0.2, 0.25) is 0 Å². The topological polar surface area (TPSA) is 72.6 Å². The van der Waals surface area contributed by atoms with Gasteiger partial charge in [-0.25, -0.2) is 4.79 Å². The quantitative estimate of drug-likeness (QED) is 0.603. The lowest BCUT2D eigenvalue weighted by Crippen LogP contribution is -2.02. The molecule has 0 unspecified atom stereocenters. The van der Waals surface area contributed by atoms with E-state index >= 15 is 0 Å². The summed E-state index contributed by atoms with van der Waals surface area (Å²) in [6.45, 7) is 1.89. The van der Waals surface area contributed by atoms with Gasteiger partial charge >= 0.3 is 11.5 Å². The largest absolute Gasteiger partial charge is 0.504 e. The Labute approximate surface area is 130 Å². The van der Waals surface area contributed by atoms with Crippen molar-refractivity contribution in [3.05, 3.63) is 22.6 Å². The van der Waals surface area contributed by atoms with Gasteiger partial charge in [-0.3, -0.25) is 4.98 Å². The first kappa shape index (κ1) is 17.6. The highest BCUT2D eigenvalue weighted by Crippen LogP contribution is 2.35. The number of furan rings is 1. The van der Waals surface area contributed by atoms with E-state index < -0.39 is 11.5 Å². The summed E-state index contributed by atoms with van der Waals surface area (Å²) < 4.78 is 41.2. The number of carbonyl (C=O) groups excluding carboxylic acids is 1. The predicted molar refractivity (Wildman–Crippen MR) is 74.4 cm³/mol. The Morgan fingerprint density at radius 1 is 1.52 bits per heavy atom. The van der Waals surface area contributed by atoms with Crippen LogP contribution in [0.5, 0.6) is 5.75 Å². The lowest BCUT2D eigenvalue weighted by atomic mass is 10.3. The molecular weight excluding hydrogens is 379 g/mol. The van der Waals surface area contributed by atoms with Gasteiger partial charge in [0, 0.05) is 12.4 Å². The van der Waals surface area contributed by atoms with Crippen LogP contribution in [0.25, 0.3) is 11.0 Å². The van der Waals surface area contributed by atoms with E-state index in [1.807, 2.05) is 0 Å². The van der Waals surface area contributed by atoms with Crippen molar-refractivity contribution in [3.8, 4) is 5.75 Å². The Kier molecular flexibility index (Phi) is 5.90. The number of pyridine rings is 1. The van der Waals surface area contributed by atoms with Crippen LogP contribution in [0.3, 0.4) is 0 Å². The fourth-order valence-corrected chi connectivity index (χ4v) is 1.72. The van der Waals surface area contributed by atoms with Crippen molar-refractivity contribution in [2.75, 3.05) is 6.61 Å². The van der Waals surface area contributed by atoms with Crippen LogP contribution in [-0.2, 0) is 4.74 Å². The monoisotopic (exact) mass is 387 g/mol. The molecule has 0 aliphatic heterocycles. The van der Waals surface area contributed by atoms with E-state index in [0.717, 1.165) is 0 Å². The Morgan fingerprint density at radius 3 is 2.57 bits per heavy atom. The first-order valence-corrected chi connectivity index (χ1v) is 6.60. The normalized spacial score (nSPS) is 11.0. The Morgan fingerprint density at radius 2 is 2.10 bits per heavy atom. The summed E-state index contributed by atoms with van der Waals surface area (Å²) in [5.41, 5.74) is -3.93. The van der Waals surface area contributed by atoms with Crippen molar-refractivity contribution >= 4 is 45.5 Å². The molecule has 0 saturated carbocycles. The summed E-state index contributed by atoms with van der Waals surface area (Å²) in [4.78, 5) is 15.3. The average Bonchev–Trinajstić information content (AvgIpc) is 2.67. The number of carbonyl (C=O) groups is 1. The summed E-state index contributed by atoms with van der Waals surface area (Å²) in [6, 6.07) is 0. The maximum atomic E-state index is 11.4. The molecule has 2 rings (SSSR count). The Hall–Kier alpha value is -1.42. The maximum Gasteiger partial charge on any atom is 0.438 e. The van der Waals surface area contributed by atoms with Crippen LogP contribution >= 0.6 is 28.6 Å². The van der Waals surface area contributed by atoms with Crippen LogP contribution in [0.15, 0.2) is 21.3 Å². The van der Waals surface area contributed by atoms with Gasteiger partial charge in [0.25, 0.3) is 5.76 Å². The van der Waals surface area contributed by atoms with Gasteiger partial charge in [-0.05, 0) is 22.9 Å². The Balaban J connectivity index is 0.000000383. The fraction of sp³-hybridized carbons (Fsp3) is 0.273. The third-order valence-corrected chi connectivity index (χ3v) is 2.55. The number of thiol groups is 1. The number of ether oxygens (including phenoxy) is 1. The van der Waals surface area contributed by atoms with Crippen molar-refractivity contribution in [2.45, 2.75) is 12.4 Å². The number of alkyl halides is 3. The van der Waals surface area contributed by atoms with Crippen LogP contribution < -0.4 is 0 Å². The summed E-state index contributed by atoms with van der Waals surface area (Å²) in [5.74, 6) is -1.14. The molecule has 0 aliphatic carbocycles. The van der Waals surface area contributed by atoms with Crippen molar-refractivity contribution in [1.82, 2.24) is 4.98 Å². The fourth-order valence-electron chi connectivity index (χ4n) is 1.30. The molecule has 10 heteroatoms. The van der Waals surface area contributed by atoms with E-state index in [-0.39, 0.29) is 18.1 Å². The average molecular weight is 388 g/mol. The number of halogens is 4. The standard InChI is InChI=1S/C10H8BrNO4.CHF3S/c1-2-15-10(14)9-7(13)5-3-12-4-6(11)8(5)16-9;2-1(3,4)5/h3-4,13H,2H2,1H3;5H. The summed E-state index contributed by atoms with van der Waals surface area (Å²) in [7, 11) is 0. The van der Waals surface area contributed by atoms with Gasteiger partial charge in [0.1, 0.15) is 0 Å². The summed E-state index contributed by atoms with van der Waals surface area (Å²) in [6.07, 6.45) is 2.93. The summed E-state index contributed by atoms with van der Waals surface area (Å²) in [5, 5.41) is 10.1. The van der Waals surface area contributed by atoms with Crippen molar-refractivity contribution < 1.29 is 32.2 Å². The van der Waals surface area contributed by atoms with Crippen molar-refractivity contribution in [2.24, 2.45) is 0 Å². The molecule has 0 saturated heterocycles. The molecule has 0 aliphatic rings. The zero-order chi connectivity index (χ0) is 16.2. The SMILES string of the molecule is CCOC(=O)c1oc2c(Br)cncc2c1O.FC(F)(F)S. The number of esters is 1. The third-order valence-electron chi connectivity index (χ3n) is 1.99. The van der Waals surface area contributed by atoms with E-state index in [1.165, 1.54) is 12.4 Å². The van der Waals surface area contributed by atoms with Gasteiger partial charge in [0.05, 0.1) is 16.5 Å². The number of hydrogen-bond donors (Lipinski definition) is 2. The number of aromatic hydroxyl groups is 1. The second kappa shape index (κ2) is 7.03. The van der Waals surface area contributed by atoms with Gasteiger partial charge in [0.15, 0.2) is 11.3 Å². The number of rotatable bonds is 2. The molecule has 0 atom stereocenters. The zero-order valence-electron chi connectivity index (χ0n) is 10.4. The molecule has 21 heavy (non-hydrogen) atoms. The highest BCUT2D eigenvalue weighted by atomic mass is 79.9. The first-order chi connectivity index (χ1) is 9.65. The predicted octanol–water partition coefficient (Wildman–Crippen LogP) is 3.91. The molecule has 0 aromatic carbocycles. The molecule has 0 bridgehead atoms. The number of hydrogen-bond acceptors (Lipinski definition) is 6. The molecule has 1 N–H and O–H groups in total. The molecule has 2 aromatic rings. The van der Waals surface area contributed by atoms with Gasteiger partial charge in [-0.2, -0.15) is 13.2 Å². The number of aromatic nitrogens is 1. The van der Waals surface area contributed by atoms with Gasteiger partial charge < -0.3 is 14.3 Å². The highest BCUT2D eigenvalue weighted by Gasteiger charge is 2.22. The molecule has 0 spiro atoms. The van der Waals surface area contributed by atoms with Crippen molar-refractivity contribution in [3.63, 3.8) is 0 Å². The molecular formula is C11H9BrF3NO4S. The van der Waals surface area contributed by atoms with E-state index in [9.17, 15) is 23.1 Å². The molecule has 0 amide bonds. The molecule has 0 fully saturated rings. The zero-order valence-corrected chi connectivity index (χ0v) is 12.9. The maximum absolute atomic E-state index is 11.4. The van der Waals surface area contributed by atoms with Crippen molar-refractivity contribution in [1.29, 1.82) is 0 Å². The van der Waals surface area contributed by atoms with Gasteiger partial charge in [-0.15, -0.1) is 0 Å². The smallest absolute Gasteiger partial charge is 0.438 e. The second-order valence-electron chi connectivity index (χ2n) is 3.47. The molecule has 5 nitrogen and oxygen atoms in total. The Bertz CT molecular complexity index is 638. The molecule has 2 aromatic heterocycles. The lowest BCUT2D eigenvalue weighted by molar-refractivity contribution is -0.0303. The van der Waals surface area contributed by atoms with Crippen LogP contribution in [0.1, 0.15) is 17.5 Å². The summed E-state index contributed by atoms with van der Waals surface area (Å²) >= 11 is 5.34. The third kappa shape index (κ3) is 5.12. The number of nitrogens with zero attached hydrogens (tertiary/aromatic N) is 1. The molecule has 116 valence electrons. The highest BCUT2D eigenvalue weighted by molar-refractivity contribution is 9.10. The van der Waals surface area contributed by atoms with E-state index in [0.29, 0.717) is 15.4 Å². The lowest BCUT2D eigenvalue weighted by Gasteiger charge is -1.97. The molecule has 2 heterocycles.